The van der Waals surface area contributed by atoms with E-state index in [0.717, 1.165) is 25.0 Å². The summed E-state index contributed by atoms with van der Waals surface area (Å²) in [6.07, 6.45) is 6.92. The molecule has 8 heteroatoms. The van der Waals surface area contributed by atoms with E-state index < -0.39 is 0 Å². The van der Waals surface area contributed by atoms with Crippen molar-refractivity contribution in [3.8, 4) is 5.95 Å². The Morgan fingerprint density at radius 3 is 2.81 bits per heavy atom. The van der Waals surface area contributed by atoms with Gasteiger partial charge in [-0.1, -0.05) is 0 Å². The van der Waals surface area contributed by atoms with Gasteiger partial charge in [-0.15, -0.1) is 0 Å². The summed E-state index contributed by atoms with van der Waals surface area (Å²) >= 11 is 0. The number of nitrogens with zero attached hydrogens (tertiary/aromatic N) is 7. The summed E-state index contributed by atoms with van der Waals surface area (Å²) in [6.45, 7) is 3.85. The third-order valence-electron chi connectivity index (χ3n) is 4.24. The van der Waals surface area contributed by atoms with E-state index in [1.807, 2.05) is 6.92 Å². The lowest BCUT2D eigenvalue weighted by Crippen LogP contribution is -2.34. The molecule has 2 aliphatic rings. The smallest absolute Gasteiger partial charge is 0.258 e. The van der Waals surface area contributed by atoms with Crippen LogP contribution in [0, 0.1) is 5.92 Å². The largest absolute Gasteiger partial charge is 0.354 e. The summed E-state index contributed by atoms with van der Waals surface area (Å²) < 4.78 is 1.57. The minimum absolute atomic E-state index is 0.510. The van der Waals surface area contributed by atoms with Crippen LogP contribution in [0.25, 0.3) is 5.95 Å². The SMILES string of the molecule is CCNc1nc(N2CC3CCC2C3)nc(-n2cncn2)n1. The molecule has 2 aromatic rings. The van der Waals surface area contributed by atoms with E-state index in [4.69, 9.17) is 0 Å². The first-order valence-electron chi connectivity index (χ1n) is 7.45. The molecule has 4 rings (SSSR count). The molecule has 0 amide bonds. The average molecular weight is 286 g/mol. The van der Waals surface area contributed by atoms with Gasteiger partial charge in [-0.3, -0.25) is 0 Å². The Balaban J connectivity index is 1.72. The summed E-state index contributed by atoms with van der Waals surface area (Å²) in [5.74, 6) is 2.65. The molecule has 3 heterocycles. The summed E-state index contributed by atoms with van der Waals surface area (Å²) in [4.78, 5) is 19.8. The molecule has 2 atom stereocenters. The van der Waals surface area contributed by atoms with Gasteiger partial charge < -0.3 is 10.2 Å². The van der Waals surface area contributed by atoms with Gasteiger partial charge in [0.1, 0.15) is 12.7 Å². The van der Waals surface area contributed by atoms with Gasteiger partial charge in [0.2, 0.25) is 11.9 Å². The zero-order valence-electron chi connectivity index (χ0n) is 12.0. The van der Waals surface area contributed by atoms with Crippen molar-refractivity contribution in [1.29, 1.82) is 0 Å². The Morgan fingerprint density at radius 1 is 1.24 bits per heavy atom. The van der Waals surface area contributed by atoms with E-state index in [-0.39, 0.29) is 0 Å². The van der Waals surface area contributed by atoms with E-state index in [2.05, 4.69) is 35.3 Å². The number of rotatable bonds is 4. The van der Waals surface area contributed by atoms with Crippen LogP contribution in [0.1, 0.15) is 26.2 Å². The zero-order valence-corrected chi connectivity index (χ0v) is 12.0. The van der Waals surface area contributed by atoms with Crippen LogP contribution in [0.2, 0.25) is 0 Å². The highest BCUT2D eigenvalue weighted by atomic mass is 15.4. The molecule has 0 aromatic carbocycles. The molecular weight excluding hydrogens is 268 g/mol. The number of hydrogen-bond donors (Lipinski definition) is 1. The molecule has 0 spiro atoms. The second-order valence-corrected chi connectivity index (χ2v) is 5.61. The number of aromatic nitrogens is 6. The van der Waals surface area contributed by atoms with Crippen molar-refractivity contribution in [2.75, 3.05) is 23.3 Å². The van der Waals surface area contributed by atoms with E-state index in [0.29, 0.717) is 17.9 Å². The van der Waals surface area contributed by atoms with Gasteiger partial charge in [-0.2, -0.15) is 24.7 Å². The number of fused-ring (bicyclic) bond motifs is 2. The molecule has 1 saturated heterocycles. The van der Waals surface area contributed by atoms with Crippen LogP contribution in [-0.4, -0.2) is 48.8 Å². The highest BCUT2D eigenvalue weighted by Gasteiger charge is 2.39. The Morgan fingerprint density at radius 2 is 2.14 bits per heavy atom. The fourth-order valence-corrected chi connectivity index (χ4v) is 3.30. The number of piperidine rings is 1. The Bertz CT molecular complexity index is 625. The summed E-state index contributed by atoms with van der Waals surface area (Å²) in [7, 11) is 0. The molecule has 8 nitrogen and oxygen atoms in total. The third kappa shape index (κ3) is 2.20. The van der Waals surface area contributed by atoms with Gasteiger partial charge in [0.05, 0.1) is 0 Å². The molecule has 0 radical (unpaired) electrons. The van der Waals surface area contributed by atoms with Gasteiger partial charge in [0.25, 0.3) is 5.95 Å². The van der Waals surface area contributed by atoms with E-state index in [1.165, 1.54) is 25.6 Å². The van der Waals surface area contributed by atoms with Crippen molar-refractivity contribution in [2.45, 2.75) is 32.2 Å². The first-order valence-corrected chi connectivity index (χ1v) is 7.45. The molecule has 2 bridgehead atoms. The number of anilines is 2. The lowest BCUT2D eigenvalue weighted by Gasteiger charge is -2.27. The van der Waals surface area contributed by atoms with Crippen LogP contribution in [0.4, 0.5) is 11.9 Å². The molecule has 1 N–H and O–H groups in total. The fourth-order valence-electron chi connectivity index (χ4n) is 3.30. The van der Waals surface area contributed by atoms with Gasteiger partial charge in [-0.05, 0) is 32.1 Å². The maximum Gasteiger partial charge on any atom is 0.258 e. The normalized spacial score (nSPS) is 23.8. The Kier molecular flexibility index (Phi) is 2.94. The lowest BCUT2D eigenvalue weighted by molar-refractivity contribution is 0.545. The van der Waals surface area contributed by atoms with Crippen molar-refractivity contribution >= 4 is 11.9 Å². The standard InChI is InChI=1S/C13H18N8/c1-2-15-11-17-12(20-6-9-3-4-10(20)5-9)19-13(18-11)21-8-14-7-16-21/h7-10H,2-6H2,1H3,(H,15,17,18,19). The van der Waals surface area contributed by atoms with Crippen molar-refractivity contribution in [2.24, 2.45) is 5.92 Å². The van der Waals surface area contributed by atoms with Crippen molar-refractivity contribution in [1.82, 2.24) is 29.7 Å². The fraction of sp³-hybridized carbons (Fsp3) is 0.615. The van der Waals surface area contributed by atoms with Crippen molar-refractivity contribution in [3.63, 3.8) is 0 Å². The van der Waals surface area contributed by atoms with E-state index in [9.17, 15) is 0 Å². The average Bonchev–Trinajstić information content (AvgIpc) is 3.24. The van der Waals surface area contributed by atoms with Crippen LogP contribution in [0.5, 0.6) is 0 Å². The van der Waals surface area contributed by atoms with Crippen molar-refractivity contribution < 1.29 is 0 Å². The van der Waals surface area contributed by atoms with Gasteiger partial charge in [0, 0.05) is 19.1 Å². The first kappa shape index (κ1) is 12.5. The third-order valence-corrected chi connectivity index (χ3v) is 4.24. The predicted molar refractivity (Wildman–Crippen MR) is 77.4 cm³/mol. The molecule has 2 unspecified atom stereocenters. The second kappa shape index (κ2) is 4.94. The van der Waals surface area contributed by atoms with Gasteiger partial charge >= 0.3 is 0 Å². The van der Waals surface area contributed by atoms with Crippen LogP contribution >= 0.6 is 0 Å². The number of nitrogens with one attached hydrogen (secondary N) is 1. The maximum atomic E-state index is 4.58. The van der Waals surface area contributed by atoms with Gasteiger partial charge in [-0.25, -0.2) is 4.98 Å². The van der Waals surface area contributed by atoms with Crippen LogP contribution in [0.15, 0.2) is 12.7 Å². The van der Waals surface area contributed by atoms with Crippen LogP contribution in [-0.2, 0) is 0 Å². The monoisotopic (exact) mass is 286 g/mol. The molecule has 1 aliphatic carbocycles. The van der Waals surface area contributed by atoms with Crippen LogP contribution in [0.3, 0.4) is 0 Å². The minimum atomic E-state index is 0.510. The highest BCUT2D eigenvalue weighted by molar-refractivity contribution is 5.42. The highest BCUT2D eigenvalue weighted by Crippen LogP contribution is 2.39. The second-order valence-electron chi connectivity index (χ2n) is 5.61. The zero-order chi connectivity index (χ0) is 14.2. The Labute approximate surface area is 122 Å². The molecule has 2 fully saturated rings. The molecule has 110 valence electrons. The summed E-state index contributed by atoms with van der Waals surface area (Å²) in [5, 5.41) is 7.28. The van der Waals surface area contributed by atoms with E-state index >= 15 is 0 Å². The van der Waals surface area contributed by atoms with Gasteiger partial charge in [0.15, 0.2) is 0 Å². The Hall–Kier alpha value is -2.25. The minimum Gasteiger partial charge on any atom is -0.354 e. The first-order chi connectivity index (χ1) is 10.3. The van der Waals surface area contributed by atoms with Crippen molar-refractivity contribution in [3.05, 3.63) is 12.7 Å². The molecule has 2 aromatic heterocycles. The quantitative estimate of drug-likeness (QED) is 0.892. The summed E-state index contributed by atoms with van der Waals surface area (Å²) in [5.41, 5.74) is 0. The van der Waals surface area contributed by atoms with E-state index in [1.54, 1.807) is 11.0 Å². The maximum absolute atomic E-state index is 4.58. The molecule has 1 aliphatic heterocycles. The summed E-state index contributed by atoms with van der Waals surface area (Å²) in [6, 6.07) is 0.579. The predicted octanol–water partition coefficient (Wildman–Crippen LogP) is 0.873. The topological polar surface area (TPSA) is 84.7 Å². The molecule has 1 saturated carbocycles. The molecular formula is C13H18N8. The lowest BCUT2D eigenvalue weighted by atomic mass is 10.1. The number of hydrogen-bond acceptors (Lipinski definition) is 7. The molecule has 21 heavy (non-hydrogen) atoms. The van der Waals surface area contributed by atoms with Crippen LogP contribution < -0.4 is 10.2 Å².